The molecule has 8 aromatic carbocycles. The van der Waals surface area contributed by atoms with Crippen LogP contribution in [0.1, 0.15) is 0 Å². The van der Waals surface area contributed by atoms with Crippen LogP contribution >= 0.6 is 0 Å². The molecule has 0 radical (unpaired) electrons. The van der Waals surface area contributed by atoms with Crippen LogP contribution in [0.25, 0.3) is 38.3 Å². The van der Waals surface area contributed by atoms with Gasteiger partial charge >= 0.3 is 0 Å². The molecule has 0 aliphatic carbocycles. The predicted octanol–water partition coefficient (Wildman–Crippen LogP) is 12.9. The number of benzene rings is 8. The van der Waals surface area contributed by atoms with Crippen molar-refractivity contribution in [2.75, 3.05) is 9.80 Å². The smallest absolute Gasteiger partial charge is 0.0542 e. The minimum absolute atomic E-state index is 1.09. The zero-order valence-electron chi connectivity index (χ0n) is 26.9. The molecule has 3 nitrogen and oxygen atoms in total. The number of aromatic nitrogens is 1. The second-order valence-corrected chi connectivity index (χ2v) is 12.2. The van der Waals surface area contributed by atoms with Gasteiger partial charge in [0.05, 0.1) is 16.7 Å². The van der Waals surface area contributed by atoms with Crippen LogP contribution in [0.3, 0.4) is 0 Å². The number of para-hydroxylation sites is 4. The summed E-state index contributed by atoms with van der Waals surface area (Å²) in [5.41, 5.74) is 10.2. The third-order valence-corrected chi connectivity index (χ3v) is 9.33. The third-order valence-electron chi connectivity index (χ3n) is 9.33. The fourth-order valence-corrected chi connectivity index (χ4v) is 7.14. The monoisotopic (exact) mass is 627 g/mol. The summed E-state index contributed by atoms with van der Waals surface area (Å²) in [6, 6.07) is 71.5. The van der Waals surface area contributed by atoms with Gasteiger partial charge in [0, 0.05) is 50.3 Å². The van der Waals surface area contributed by atoms with E-state index in [9.17, 15) is 0 Å². The van der Waals surface area contributed by atoms with Crippen molar-refractivity contribution in [3.05, 3.63) is 200 Å². The van der Waals surface area contributed by atoms with E-state index in [1.807, 2.05) is 0 Å². The molecule has 0 aliphatic rings. The average Bonchev–Trinajstić information content (AvgIpc) is 3.50. The normalized spacial score (nSPS) is 11.3. The van der Waals surface area contributed by atoms with Gasteiger partial charge < -0.3 is 14.4 Å². The molecule has 0 N–H and O–H groups in total. The molecular weight excluding hydrogens is 595 g/mol. The molecule has 0 saturated heterocycles. The number of hydrogen-bond acceptors (Lipinski definition) is 2. The van der Waals surface area contributed by atoms with Crippen LogP contribution in [-0.2, 0) is 0 Å². The first-order chi connectivity index (χ1) is 24.3. The summed E-state index contributed by atoms with van der Waals surface area (Å²) in [6.45, 7) is 0. The van der Waals surface area contributed by atoms with Gasteiger partial charge in [-0.05, 0) is 96.4 Å². The lowest BCUT2D eigenvalue weighted by molar-refractivity contribution is 1.20. The standard InChI is InChI=1S/C46H33N3/c1-4-17-35(18-5-1)47(36-19-6-2-7-20-36)38-27-29-39(30-28-38)48(37-21-8-3-9-22-37)40-31-32-46-43(33-40)42-24-12-13-25-45(42)49(46)44-26-14-16-34-15-10-11-23-41(34)44/h1-33H. The van der Waals surface area contributed by atoms with Gasteiger partial charge in [0.2, 0.25) is 0 Å². The summed E-state index contributed by atoms with van der Waals surface area (Å²) in [5.74, 6) is 0. The summed E-state index contributed by atoms with van der Waals surface area (Å²) < 4.78 is 2.42. The molecule has 0 bridgehead atoms. The van der Waals surface area contributed by atoms with Crippen LogP contribution in [0.2, 0.25) is 0 Å². The molecule has 0 atom stereocenters. The maximum Gasteiger partial charge on any atom is 0.0542 e. The minimum atomic E-state index is 1.09. The van der Waals surface area contributed by atoms with Crippen molar-refractivity contribution in [1.82, 2.24) is 4.57 Å². The second-order valence-electron chi connectivity index (χ2n) is 12.2. The largest absolute Gasteiger partial charge is 0.311 e. The Balaban J connectivity index is 1.19. The maximum atomic E-state index is 2.42. The van der Waals surface area contributed by atoms with Crippen molar-refractivity contribution in [2.45, 2.75) is 0 Å². The lowest BCUT2D eigenvalue weighted by atomic mass is 10.1. The SMILES string of the molecule is c1ccc(N(c2ccccc2)c2ccc(N(c3ccccc3)c3ccc4c(c3)c3ccccc3n4-c3cccc4ccccc34)cc2)cc1. The number of nitrogens with zero attached hydrogens (tertiary/aromatic N) is 3. The predicted molar refractivity (Wildman–Crippen MR) is 208 cm³/mol. The van der Waals surface area contributed by atoms with E-state index >= 15 is 0 Å². The van der Waals surface area contributed by atoms with Crippen LogP contribution in [-0.4, -0.2) is 4.57 Å². The van der Waals surface area contributed by atoms with Gasteiger partial charge in [-0.15, -0.1) is 0 Å². The summed E-state index contributed by atoms with van der Waals surface area (Å²) in [7, 11) is 0. The molecule has 0 amide bonds. The fraction of sp³-hybridized carbons (Fsp3) is 0. The van der Waals surface area contributed by atoms with Crippen LogP contribution < -0.4 is 9.80 Å². The molecule has 49 heavy (non-hydrogen) atoms. The maximum absolute atomic E-state index is 2.42. The third kappa shape index (κ3) is 5.09. The Hall–Kier alpha value is -6.58. The topological polar surface area (TPSA) is 11.4 Å². The lowest BCUT2D eigenvalue weighted by Crippen LogP contribution is -2.12. The van der Waals surface area contributed by atoms with Gasteiger partial charge in [0.25, 0.3) is 0 Å². The summed E-state index contributed by atoms with van der Waals surface area (Å²) in [4.78, 5) is 4.65. The van der Waals surface area contributed by atoms with Gasteiger partial charge in [-0.1, -0.05) is 109 Å². The van der Waals surface area contributed by atoms with Crippen LogP contribution in [0, 0.1) is 0 Å². The fourth-order valence-electron chi connectivity index (χ4n) is 7.14. The van der Waals surface area contributed by atoms with Crippen LogP contribution in [0.5, 0.6) is 0 Å². The van der Waals surface area contributed by atoms with E-state index in [0.717, 1.165) is 34.1 Å². The van der Waals surface area contributed by atoms with E-state index in [0.29, 0.717) is 0 Å². The molecule has 1 heterocycles. The van der Waals surface area contributed by atoms with Crippen molar-refractivity contribution in [1.29, 1.82) is 0 Å². The zero-order chi connectivity index (χ0) is 32.6. The Morgan fingerprint density at radius 1 is 0.286 bits per heavy atom. The van der Waals surface area contributed by atoms with Crippen molar-refractivity contribution in [3.8, 4) is 5.69 Å². The summed E-state index contributed by atoms with van der Waals surface area (Å²) >= 11 is 0. The van der Waals surface area contributed by atoms with Gasteiger partial charge in [-0.25, -0.2) is 0 Å². The first-order valence-corrected chi connectivity index (χ1v) is 16.7. The highest BCUT2D eigenvalue weighted by Crippen LogP contribution is 2.42. The van der Waals surface area contributed by atoms with Gasteiger partial charge in [-0.2, -0.15) is 0 Å². The van der Waals surface area contributed by atoms with E-state index in [1.54, 1.807) is 0 Å². The van der Waals surface area contributed by atoms with Crippen LogP contribution in [0.4, 0.5) is 34.1 Å². The Bertz CT molecular complexity index is 2490. The zero-order valence-corrected chi connectivity index (χ0v) is 26.9. The number of hydrogen-bond donors (Lipinski definition) is 0. The summed E-state index contributed by atoms with van der Waals surface area (Å²) in [5, 5.41) is 4.93. The molecule has 232 valence electrons. The van der Waals surface area contributed by atoms with Gasteiger partial charge in [0.15, 0.2) is 0 Å². The summed E-state index contributed by atoms with van der Waals surface area (Å²) in [6.07, 6.45) is 0. The lowest BCUT2D eigenvalue weighted by Gasteiger charge is -2.28. The van der Waals surface area contributed by atoms with E-state index in [-0.39, 0.29) is 0 Å². The van der Waals surface area contributed by atoms with Crippen molar-refractivity contribution in [2.24, 2.45) is 0 Å². The van der Waals surface area contributed by atoms with Crippen molar-refractivity contribution < 1.29 is 0 Å². The van der Waals surface area contributed by atoms with Crippen LogP contribution in [0.15, 0.2) is 200 Å². The number of anilines is 6. The Labute approximate surface area is 286 Å². The first kappa shape index (κ1) is 28.6. The molecule has 0 spiro atoms. The minimum Gasteiger partial charge on any atom is -0.311 e. The van der Waals surface area contributed by atoms with Gasteiger partial charge in [0.1, 0.15) is 0 Å². The highest BCUT2D eigenvalue weighted by atomic mass is 15.2. The number of fused-ring (bicyclic) bond motifs is 4. The second kappa shape index (κ2) is 12.2. The van der Waals surface area contributed by atoms with E-state index in [4.69, 9.17) is 0 Å². The molecule has 9 rings (SSSR count). The highest BCUT2D eigenvalue weighted by Gasteiger charge is 2.19. The van der Waals surface area contributed by atoms with E-state index in [2.05, 4.69) is 215 Å². The van der Waals surface area contributed by atoms with Crippen molar-refractivity contribution in [3.63, 3.8) is 0 Å². The van der Waals surface area contributed by atoms with E-state index < -0.39 is 0 Å². The molecule has 1 aromatic heterocycles. The Morgan fingerprint density at radius 3 is 1.33 bits per heavy atom. The molecule has 0 saturated carbocycles. The van der Waals surface area contributed by atoms with E-state index in [1.165, 1.54) is 38.3 Å². The molecule has 3 heteroatoms. The molecular formula is C46H33N3. The molecule has 9 aromatic rings. The van der Waals surface area contributed by atoms with Gasteiger partial charge in [-0.3, -0.25) is 0 Å². The Kier molecular flexibility index (Phi) is 7.14. The first-order valence-electron chi connectivity index (χ1n) is 16.7. The number of rotatable bonds is 7. The molecule has 0 unspecified atom stereocenters. The van der Waals surface area contributed by atoms with Crippen molar-refractivity contribution >= 4 is 66.7 Å². The average molecular weight is 628 g/mol. The Morgan fingerprint density at radius 2 is 0.714 bits per heavy atom. The highest BCUT2D eigenvalue weighted by molar-refractivity contribution is 6.12. The quantitative estimate of drug-likeness (QED) is 0.174. The molecule has 0 aliphatic heterocycles. The molecule has 0 fully saturated rings.